The molecule has 5 nitrogen and oxygen atoms in total. The Balaban J connectivity index is 2.05. The van der Waals surface area contributed by atoms with Crippen LogP contribution in [0.15, 0.2) is 24.4 Å². The number of nitrogens with zero attached hydrogens (tertiary/aromatic N) is 2. The Kier molecular flexibility index (Phi) is 4.14. The monoisotopic (exact) mass is 262 g/mol. The maximum absolute atomic E-state index is 12.2. The molecule has 1 unspecified atom stereocenters. The molecule has 2 rings (SSSR count). The molecule has 0 aromatic carbocycles. The van der Waals surface area contributed by atoms with Crippen molar-refractivity contribution in [3.05, 3.63) is 30.1 Å². The predicted octanol–water partition coefficient (Wildman–Crippen LogP) is 1.54. The summed E-state index contributed by atoms with van der Waals surface area (Å²) in [5.74, 6) is -1.30. The van der Waals surface area contributed by atoms with Crippen molar-refractivity contribution in [2.45, 2.75) is 26.3 Å². The lowest BCUT2D eigenvalue weighted by atomic mass is 10.1. The molecule has 1 aromatic rings. The van der Waals surface area contributed by atoms with Gasteiger partial charge in [-0.25, -0.2) is 0 Å². The fourth-order valence-corrected chi connectivity index (χ4v) is 1.92. The quantitative estimate of drug-likeness (QED) is 0.844. The predicted molar refractivity (Wildman–Crippen MR) is 69.2 cm³/mol. The number of aromatic nitrogens is 1. The Bertz CT molecular complexity index is 457. The summed E-state index contributed by atoms with van der Waals surface area (Å²) in [6.07, 6.45) is 3.51. The molecule has 0 saturated heterocycles. The summed E-state index contributed by atoms with van der Waals surface area (Å²) < 4.78 is 0. The van der Waals surface area contributed by atoms with Gasteiger partial charge < -0.3 is 10.0 Å². The molecule has 1 N–H and O–H groups in total. The molecule has 0 radical (unpaired) electrons. The second-order valence-corrected chi connectivity index (χ2v) is 5.05. The molecule has 5 heteroatoms. The maximum atomic E-state index is 12.2. The lowest BCUT2D eigenvalue weighted by Gasteiger charge is -2.24. The van der Waals surface area contributed by atoms with Gasteiger partial charge in [-0.05, 0) is 25.0 Å². The normalized spacial score (nSPS) is 15.8. The van der Waals surface area contributed by atoms with Gasteiger partial charge in [-0.15, -0.1) is 0 Å². The molecule has 1 heterocycles. The Morgan fingerprint density at radius 1 is 1.47 bits per heavy atom. The molecule has 1 atom stereocenters. The minimum Gasteiger partial charge on any atom is -0.481 e. The van der Waals surface area contributed by atoms with Crippen molar-refractivity contribution in [3.8, 4) is 0 Å². The number of pyridine rings is 1. The summed E-state index contributed by atoms with van der Waals surface area (Å²) in [6.45, 7) is 2.24. The molecular weight excluding hydrogens is 244 g/mol. The first-order chi connectivity index (χ1) is 9.08. The third-order valence-electron chi connectivity index (χ3n) is 3.23. The summed E-state index contributed by atoms with van der Waals surface area (Å²) in [5, 5.41) is 8.98. The number of carbonyl (C=O) groups is 2. The van der Waals surface area contributed by atoms with Crippen LogP contribution in [0.5, 0.6) is 0 Å². The van der Waals surface area contributed by atoms with Crippen LogP contribution in [0.1, 0.15) is 25.5 Å². The number of rotatable bonds is 6. The Morgan fingerprint density at radius 3 is 2.74 bits per heavy atom. The van der Waals surface area contributed by atoms with Crippen molar-refractivity contribution in [1.82, 2.24) is 9.88 Å². The molecule has 1 fully saturated rings. The van der Waals surface area contributed by atoms with Gasteiger partial charge in [0.15, 0.2) is 0 Å². The third kappa shape index (κ3) is 3.77. The van der Waals surface area contributed by atoms with E-state index in [1.54, 1.807) is 18.0 Å². The van der Waals surface area contributed by atoms with E-state index in [1.807, 2.05) is 18.2 Å². The number of carbonyl (C=O) groups excluding carboxylic acids is 1. The van der Waals surface area contributed by atoms with E-state index >= 15 is 0 Å². The second kappa shape index (κ2) is 5.82. The first-order valence-electron chi connectivity index (χ1n) is 6.49. The van der Waals surface area contributed by atoms with Gasteiger partial charge in [0.25, 0.3) is 0 Å². The number of hydrogen-bond donors (Lipinski definition) is 1. The SMILES string of the molecule is CC(CN(Cc1ccccn1)C(=O)C1CC1)C(=O)O. The van der Waals surface area contributed by atoms with Crippen LogP contribution in [0, 0.1) is 11.8 Å². The lowest BCUT2D eigenvalue weighted by Crippen LogP contribution is -2.37. The van der Waals surface area contributed by atoms with Crippen LogP contribution >= 0.6 is 0 Å². The lowest BCUT2D eigenvalue weighted by molar-refractivity contribution is -0.143. The van der Waals surface area contributed by atoms with E-state index < -0.39 is 11.9 Å². The van der Waals surface area contributed by atoms with Crippen LogP contribution in [0.25, 0.3) is 0 Å². The Hall–Kier alpha value is -1.91. The van der Waals surface area contributed by atoms with E-state index in [9.17, 15) is 9.59 Å². The summed E-state index contributed by atoms with van der Waals surface area (Å²) in [6, 6.07) is 5.53. The number of carboxylic acids is 1. The molecule has 1 amide bonds. The average Bonchev–Trinajstić information content (AvgIpc) is 3.22. The molecule has 102 valence electrons. The minimum absolute atomic E-state index is 0.0544. The van der Waals surface area contributed by atoms with Crippen LogP contribution in [-0.4, -0.2) is 33.4 Å². The van der Waals surface area contributed by atoms with Gasteiger partial charge in [0.2, 0.25) is 5.91 Å². The van der Waals surface area contributed by atoms with Gasteiger partial charge in [-0.2, -0.15) is 0 Å². The smallest absolute Gasteiger partial charge is 0.308 e. The van der Waals surface area contributed by atoms with Crippen molar-refractivity contribution >= 4 is 11.9 Å². The van der Waals surface area contributed by atoms with Crippen molar-refractivity contribution in [1.29, 1.82) is 0 Å². The van der Waals surface area contributed by atoms with Gasteiger partial charge in [0.05, 0.1) is 18.2 Å². The molecule has 19 heavy (non-hydrogen) atoms. The topological polar surface area (TPSA) is 70.5 Å². The Morgan fingerprint density at radius 2 is 2.21 bits per heavy atom. The molecule has 0 spiro atoms. The van der Waals surface area contributed by atoms with Gasteiger partial charge in [-0.3, -0.25) is 14.6 Å². The fraction of sp³-hybridized carbons (Fsp3) is 0.500. The summed E-state index contributed by atoms with van der Waals surface area (Å²) >= 11 is 0. The fourth-order valence-electron chi connectivity index (χ4n) is 1.92. The summed E-state index contributed by atoms with van der Waals surface area (Å²) in [5.41, 5.74) is 0.786. The summed E-state index contributed by atoms with van der Waals surface area (Å²) in [7, 11) is 0. The zero-order valence-electron chi connectivity index (χ0n) is 11.0. The second-order valence-electron chi connectivity index (χ2n) is 5.05. The van der Waals surface area contributed by atoms with Gasteiger partial charge >= 0.3 is 5.97 Å². The highest BCUT2D eigenvalue weighted by Crippen LogP contribution is 2.31. The van der Waals surface area contributed by atoms with Gasteiger partial charge in [0.1, 0.15) is 0 Å². The van der Waals surface area contributed by atoms with Gasteiger partial charge in [-0.1, -0.05) is 13.0 Å². The zero-order valence-corrected chi connectivity index (χ0v) is 11.0. The molecule has 0 aliphatic heterocycles. The van der Waals surface area contributed by atoms with E-state index in [-0.39, 0.29) is 18.4 Å². The molecule has 1 aliphatic carbocycles. The third-order valence-corrected chi connectivity index (χ3v) is 3.23. The number of amides is 1. The first kappa shape index (κ1) is 13.5. The average molecular weight is 262 g/mol. The number of hydrogen-bond acceptors (Lipinski definition) is 3. The van der Waals surface area contributed by atoms with Crippen LogP contribution in [0.3, 0.4) is 0 Å². The zero-order chi connectivity index (χ0) is 13.8. The Labute approximate surface area is 112 Å². The van der Waals surface area contributed by atoms with Crippen LogP contribution in [0.2, 0.25) is 0 Å². The van der Waals surface area contributed by atoms with Crippen molar-refractivity contribution < 1.29 is 14.7 Å². The molecule has 0 bridgehead atoms. The van der Waals surface area contributed by atoms with Crippen molar-refractivity contribution in [2.24, 2.45) is 11.8 Å². The highest BCUT2D eigenvalue weighted by atomic mass is 16.4. The van der Waals surface area contributed by atoms with E-state index in [4.69, 9.17) is 5.11 Å². The van der Waals surface area contributed by atoms with Crippen LogP contribution in [-0.2, 0) is 16.1 Å². The van der Waals surface area contributed by atoms with Gasteiger partial charge in [0, 0.05) is 18.7 Å². The number of aliphatic carboxylic acids is 1. The molecule has 1 aromatic heterocycles. The van der Waals surface area contributed by atoms with E-state index in [0.29, 0.717) is 6.54 Å². The summed E-state index contributed by atoms with van der Waals surface area (Å²) in [4.78, 5) is 28.9. The minimum atomic E-state index is -0.880. The standard InChI is InChI=1S/C14H18N2O3/c1-10(14(18)19)8-16(13(17)11-5-6-11)9-12-4-2-3-7-15-12/h2-4,7,10-11H,5-6,8-9H2,1H3,(H,18,19). The highest BCUT2D eigenvalue weighted by molar-refractivity contribution is 5.81. The number of carboxylic acid groups (broad SMARTS) is 1. The van der Waals surface area contributed by atoms with Crippen LogP contribution in [0.4, 0.5) is 0 Å². The largest absolute Gasteiger partial charge is 0.481 e. The van der Waals surface area contributed by atoms with Crippen LogP contribution < -0.4 is 0 Å². The molecule has 1 saturated carbocycles. The van der Waals surface area contributed by atoms with E-state index in [0.717, 1.165) is 18.5 Å². The molecule has 1 aliphatic rings. The first-order valence-corrected chi connectivity index (χ1v) is 6.49. The van der Waals surface area contributed by atoms with Crippen molar-refractivity contribution in [3.63, 3.8) is 0 Å². The van der Waals surface area contributed by atoms with E-state index in [1.165, 1.54) is 0 Å². The maximum Gasteiger partial charge on any atom is 0.308 e. The highest BCUT2D eigenvalue weighted by Gasteiger charge is 2.34. The van der Waals surface area contributed by atoms with Crippen molar-refractivity contribution in [2.75, 3.05) is 6.54 Å². The molecular formula is C14H18N2O3. The van der Waals surface area contributed by atoms with E-state index in [2.05, 4.69) is 4.98 Å².